The summed E-state index contributed by atoms with van der Waals surface area (Å²) in [7, 11) is 0. The zero-order valence-corrected chi connectivity index (χ0v) is 18.7. The standard InChI is InChI=1S/C23H24N4O2S2/c28-21(26-16-18-6-8-19(9-7-18)27-12-14-29-15-13-27)17-30-22-23(25-11-10-24-22)31-20-4-2-1-3-5-20/h1-11H,12-17H2,(H,26,28). The zero-order chi connectivity index (χ0) is 21.3. The molecular formula is C23H24N4O2S2. The van der Waals surface area contributed by atoms with E-state index in [4.69, 9.17) is 4.74 Å². The number of thioether (sulfide) groups is 1. The summed E-state index contributed by atoms with van der Waals surface area (Å²) in [5.74, 6) is 0.274. The van der Waals surface area contributed by atoms with Crippen molar-refractivity contribution in [2.45, 2.75) is 21.5 Å². The lowest BCUT2D eigenvalue weighted by Crippen LogP contribution is -2.36. The number of aromatic nitrogens is 2. The van der Waals surface area contributed by atoms with Crippen LogP contribution in [0.4, 0.5) is 5.69 Å². The molecule has 0 bridgehead atoms. The first-order chi connectivity index (χ1) is 15.3. The number of hydrogen-bond donors (Lipinski definition) is 1. The number of nitrogens with zero attached hydrogens (tertiary/aromatic N) is 3. The van der Waals surface area contributed by atoms with Gasteiger partial charge >= 0.3 is 0 Å². The van der Waals surface area contributed by atoms with E-state index < -0.39 is 0 Å². The van der Waals surface area contributed by atoms with Gasteiger partial charge in [0, 0.05) is 42.6 Å². The Hall–Kier alpha value is -2.55. The van der Waals surface area contributed by atoms with E-state index in [1.807, 2.05) is 30.3 Å². The molecule has 1 fully saturated rings. The minimum Gasteiger partial charge on any atom is -0.378 e. The minimum absolute atomic E-state index is 0.0245. The van der Waals surface area contributed by atoms with Crippen LogP contribution in [0.15, 0.2) is 81.9 Å². The summed E-state index contributed by atoms with van der Waals surface area (Å²) in [4.78, 5) is 24.6. The summed E-state index contributed by atoms with van der Waals surface area (Å²) < 4.78 is 5.40. The number of hydrogen-bond acceptors (Lipinski definition) is 7. The van der Waals surface area contributed by atoms with Crippen LogP contribution in [0.2, 0.25) is 0 Å². The Morgan fingerprint density at radius 1 is 0.968 bits per heavy atom. The largest absolute Gasteiger partial charge is 0.378 e. The molecule has 1 N–H and O–H groups in total. The third kappa shape index (κ3) is 6.46. The number of carbonyl (C=O) groups is 1. The molecule has 6 nitrogen and oxygen atoms in total. The van der Waals surface area contributed by atoms with Crippen LogP contribution in [0.5, 0.6) is 0 Å². The third-order valence-corrected chi connectivity index (χ3v) is 6.84. The molecule has 0 atom stereocenters. The second kappa shape index (κ2) is 11.2. The summed E-state index contributed by atoms with van der Waals surface area (Å²) in [5.41, 5.74) is 2.27. The molecule has 4 rings (SSSR count). The lowest BCUT2D eigenvalue weighted by Gasteiger charge is -2.28. The van der Waals surface area contributed by atoms with Gasteiger partial charge in [-0.2, -0.15) is 0 Å². The Labute approximate surface area is 190 Å². The molecule has 3 aromatic rings. The van der Waals surface area contributed by atoms with Gasteiger partial charge < -0.3 is 15.0 Å². The summed E-state index contributed by atoms with van der Waals surface area (Å²) in [6.07, 6.45) is 3.33. The van der Waals surface area contributed by atoms with Crippen LogP contribution in [-0.2, 0) is 16.1 Å². The summed E-state index contributed by atoms with van der Waals surface area (Å²) >= 11 is 2.96. The van der Waals surface area contributed by atoms with E-state index in [1.165, 1.54) is 17.4 Å². The van der Waals surface area contributed by atoms with Crippen LogP contribution < -0.4 is 10.2 Å². The van der Waals surface area contributed by atoms with Gasteiger partial charge in [-0.25, -0.2) is 9.97 Å². The summed E-state index contributed by atoms with van der Waals surface area (Å²) in [6, 6.07) is 18.4. The molecule has 1 aromatic heterocycles. The molecule has 2 aromatic carbocycles. The van der Waals surface area contributed by atoms with Gasteiger partial charge in [0.05, 0.1) is 19.0 Å². The maximum absolute atomic E-state index is 12.4. The molecule has 0 saturated carbocycles. The minimum atomic E-state index is -0.0245. The molecule has 0 spiro atoms. The highest BCUT2D eigenvalue weighted by Gasteiger charge is 2.12. The molecule has 1 aliphatic rings. The highest BCUT2D eigenvalue weighted by atomic mass is 32.2. The third-order valence-electron chi connectivity index (χ3n) is 4.73. The summed E-state index contributed by atoms with van der Waals surface area (Å²) in [6.45, 7) is 3.88. The monoisotopic (exact) mass is 452 g/mol. The van der Waals surface area contributed by atoms with E-state index in [1.54, 1.807) is 24.2 Å². The number of morpholine rings is 1. The van der Waals surface area contributed by atoms with Crippen LogP contribution in [0.25, 0.3) is 0 Å². The van der Waals surface area contributed by atoms with Crippen molar-refractivity contribution in [1.82, 2.24) is 15.3 Å². The van der Waals surface area contributed by atoms with Gasteiger partial charge in [-0.1, -0.05) is 53.9 Å². The van der Waals surface area contributed by atoms with Crippen molar-refractivity contribution in [3.63, 3.8) is 0 Å². The Morgan fingerprint density at radius 2 is 1.68 bits per heavy atom. The lowest BCUT2D eigenvalue weighted by atomic mass is 10.2. The molecular weight excluding hydrogens is 428 g/mol. The average molecular weight is 453 g/mol. The van der Waals surface area contributed by atoms with Crippen molar-refractivity contribution in [2.24, 2.45) is 0 Å². The first-order valence-corrected chi connectivity index (χ1v) is 11.9. The quantitative estimate of drug-likeness (QED) is 0.520. The Morgan fingerprint density at radius 3 is 2.42 bits per heavy atom. The van der Waals surface area contributed by atoms with Gasteiger partial charge in [-0.15, -0.1) is 0 Å². The maximum Gasteiger partial charge on any atom is 0.230 e. The molecule has 1 aliphatic heterocycles. The molecule has 31 heavy (non-hydrogen) atoms. The number of carbonyl (C=O) groups excluding carboxylic acids is 1. The number of amides is 1. The van der Waals surface area contributed by atoms with E-state index in [0.29, 0.717) is 12.3 Å². The van der Waals surface area contributed by atoms with Gasteiger partial charge in [-0.3, -0.25) is 4.79 Å². The van der Waals surface area contributed by atoms with Crippen LogP contribution in [0.1, 0.15) is 5.56 Å². The first-order valence-electron chi connectivity index (χ1n) is 10.1. The maximum atomic E-state index is 12.4. The lowest BCUT2D eigenvalue weighted by molar-refractivity contribution is -0.118. The molecule has 1 amide bonds. The summed E-state index contributed by atoms with van der Waals surface area (Å²) in [5, 5.41) is 4.56. The van der Waals surface area contributed by atoms with Crippen LogP contribution in [-0.4, -0.2) is 47.9 Å². The number of ether oxygens (including phenoxy) is 1. The smallest absolute Gasteiger partial charge is 0.230 e. The topological polar surface area (TPSA) is 67.4 Å². The average Bonchev–Trinajstić information content (AvgIpc) is 2.84. The predicted molar refractivity (Wildman–Crippen MR) is 125 cm³/mol. The van der Waals surface area contributed by atoms with Crippen molar-refractivity contribution in [2.75, 3.05) is 37.0 Å². The SMILES string of the molecule is O=C(CSc1nccnc1Sc1ccccc1)NCc1ccc(N2CCOCC2)cc1. The Bertz CT molecular complexity index is 980. The van der Waals surface area contributed by atoms with Crippen molar-refractivity contribution >= 4 is 35.1 Å². The molecule has 160 valence electrons. The first kappa shape index (κ1) is 21.7. The fourth-order valence-corrected chi connectivity index (χ4v) is 4.87. The fourth-order valence-electron chi connectivity index (χ4n) is 3.11. The van der Waals surface area contributed by atoms with E-state index >= 15 is 0 Å². The second-order valence-electron chi connectivity index (χ2n) is 6.91. The second-order valence-corrected chi connectivity index (χ2v) is 8.94. The number of nitrogens with one attached hydrogen (secondary N) is 1. The molecule has 2 heterocycles. The zero-order valence-electron chi connectivity index (χ0n) is 17.1. The van der Waals surface area contributed by atoms with Gasteiger partial charge in [0.15, 0.2) is 0 Å². The van der Waals surface area contributed by atoms with Crippen LogP contribution in [0, 0.1) is 0 Å². The van der Waals surface area contributed by atoms with E-state index in [9.17, 15) is 4.79 Å². The number of rotatable bonds is 8. The van der Waals surface area contributed by atoms with Crippen molar-refractivity contribution in [1.29, 1.82) is 0 Å². The highest BCUT2D eigenvalue weighted by molar-refractivity contribution is 8.02. The predicted octanol–water partition coefficient (Wildman–Crippen LogP) is 3.87. The van der Waals surface area contributed by atoms with E-state index in [0.717, 1.165) is 46.8 Å². The van der Waals surface area contributed by atoms with Gasteiger partial charge in [0.1, 0.15) is 10.1 Å². The van der Waals surface area contributed by atoms with E-state index in [2.05, 4.69) is 44.5 Å². The molecule has 0 aliphatic carbocycles. The van der Waals surface area contributed by atoms with Gasteiger partial charge in [0.25, 0.3) is 0 Å². The normalized spacial score (nSPS) is 13.7. The molecule has 0 radical (unpaired) electrons. The highest BCUT2D eigenvalue weighted by Crippen LogP contribution is 2.32. The van der Waals surface area contributed by atoms with Crippen molar-refractivity contribution < 1.29 is 9.53 Å². The van der Waals surface area contributed by atoms with Crippen molar-refractivity contribution in [3.05, 3.63) is 72.6 Å². The van der Waals surface area contributed by atoms with Crippen molar-refractivity contribution in [3.8, 4) is 0 Å². The fraction of sp³-hybridized carbons (Fsp3) is 0.261. The molecule has 8 heteroatoms. The number of anilines is 1. The van der Waals surface area contributed by atoms with Gasteiger partial charge in [0.2, 0.25) is 5.91 Å². The van der Waals surface area contributed by atoms with Crippen LogP contribution >= 0.6 is 23.5 Å². The van der Waals surface area contributed by atoms with Gasteiger partial charge in [-0.05, 0) is 29.8 Å². The number of benzene rings is 2. The van der Waals surface area contributed by atoms with E-state index in [-0.39, 0.29) is 5.91 Å². The van der Waals surface area contributed by atoms with Crippen LogP contribution in [0.3, 0.4) is 0 Å². The Kier molecular flexibility index (Phi) is 7.81. The molecule has 0 unspecified atom stereocenters. The molecule has 1 saturated heterocycles. The Balaban J connectivity index is 1.26.